The van der Waals surface area contributed by atoms with E-state index in [2.05, 4.69) is 20.8 Å². The van der Waals surface area contributed by atoms with Crippen molar-refractivity contribution in [1.29, 1.82) is 0 Å². The van der Waals surface area contributed by atoms with E-state index in [1.807, 2.05) is 17.6 Å². The summed E-state index contributed by atoms with van der Waals surface area (Å²) in [7, 11) is 0. The smallest absolute Gasteiger partial charge is 0.332 e. The Morgan fingerprint density at radius 3 is 2.50 bits per heavy atom. The number of halogens is 1. The van der Waals surface area contributed by atoms with Crippen LogP contribution in [0.5, 0.6) is 0 Å². The lowest BCUT2D eigenvalue weighted by atomic mass is 10.1. The van der Waals surface area contributed by atoms with Gasteiger partial charge in [0.05, 0.1) is 6.42 Å². The van der Waals surface area contributed by atoms with Crippen molar-refractivity contribution in [1.82, 2.24) is 5.48 Å². The SMILES string of the molecule is O=C(O)CONC(=O)Cc1ccc(Br)cc1. The van der Waals surface area contributed by atoms with Gasteiger partial charge < -0.3 is 5.11 Å². The van der Waals surface area contributed by atoms with Gasteiger partial charge in [-0.1, -0.05) is 28.1 Å². The number of carbonyl (C=O) groups excluding carboxylic acids is 1. The summed E-state index contributed by atoms with van der Waals surface area (Å²) >= 11 is 3.28. The molecule has 5 nitrogen and oxygen atoms in total. The van der Waals surface area contributed by atoms with Crippen LogP contribution < -0.4 is 5.48 Å². The van der Waals surface area contributed by atoms with Gasteiger partial charge in [0.2, 0.25) is 5.91 Å². The zero-order chi connectivity index (χ0) is 12.0. The molecular weight excluding hydrogens is 278 g/mol. The molecule has 0 aromatic heterocycles. The Balaban J connectivity index is 2.34. The van der Waals surface area contributed by atoms with E-state index in [-0.39, 0.29) is 12.3 Å². The van der Waals surface area contributed by atoms with Crippen molar-refractivity contribution >= 4 is 27.8 Å². The normalized spacial score (nSPS) is 9.81. The van der Waals surface area contributed by atoms with Crippen LogP contribution in [0.15, 0.2) is 28.7 Å². The van der Waals surface area contributed by atoms with Gasteiger partial charge in [-0.2, -0.15) is 0 Å². The maximum absolute atomic E-state index is 11.2. The maximum Gasteiger partial charge on any atom is 0.332 e. The molecule has 0 saturated carbocycles. The molecule has 86 valence electrons. The Kier molecular flexibility index (Phi) is 4.94. The van der Waals surface area contributed by atoms with Crippen molar-refractivity contribution in [3.63, 3.8) is 0 Å². The number of hydrogen-bond donors (Lipinski definition) is 2. The predicted molar refractivity (Wildman–Crippen MR) is 59.6 cm³/mol. The Morgan fingerprint density at radius 1 is 1.31 bits per heavy atom. The lowest BCUT2D eigenvalue weighted by molar-refractivity contribution is -0.149. The molecular formula is C10H10BrNO4. The van der Waals surface area contributed by atoms with Crippen LogP contribution in [0.1, 0.15) is 5.56 Å². The monoisotopic (exact) mass is 287 g/mol. The molecule has 1 aromatic carbocycles. The largest absolute Gasteiger partial charge is 0.479 e. The molecule has 0 aliphatic rings. The minimum Gasteiger partial charge on any atom is -0.479 e. The molecule has 1 amide bonds. The number of benzene rings is 1. The van der Waals surface area contributed by atoms with E-state index in [1.54, 1.807) is 12.1 Å². The van der Waals surface area contributed by atoms with Gasteiger partial charge in [0, 0.05) is 4.47 Å². The van der Waals surface area contributed by atoms with Crippen LogP contribution in [-0.4, -0.2) is 23.6 Å². The molecule has 0 unspecified atom stereocenters. The predicted octanol–water partition coefficient (Wildman–Crippen LogP) is 1.12. The maximum atomic E-state index is 11.2. The topological polar surface area (TPSA) is 75.6 Å². The van der Waals surface area contributed by atoms with Gasteiger partial charge in [-0.25, -0.2) is 10.3 Å². The third-order valence-corrected chi connectivity index (χ3v) is 2.19. The van der Waals surface area contributed by atoms with E-state index in [0.717, 1.165) is 10.0 Å². The molecule has 0 heterocycles. The van der Waals surface area contributed by atoms with Gasteiger partial charge in [-0.05, 0) is 17.7 Å². The Hall–Kier alpha value is -1.40. The first-order valence-corrected chi connectivity index (χ1v) is 5.24. The first-order chi connectivity index (χ1) is 7.58. The highest BCUT2D eigenvalue weighted by molar-refractivity contribution is 9.10. The third kappa shape index (κ3) is 4.90. The zero-order valence-electron chi connectivity index (χ0n) is 8.27. The number of rotatable bonds is 5. The molecule has 1 aromatic rings. The molecule has 0 aliphatic heterocycles. The average molecular weight is 288 g/mol. The highest BCUT2D eigenvalue weighted by Crippen LogP contribution is 2.10. The molecule has 2 N–H and O–H groups in total. The fourth-order valence-corrected chi connectivity index (χ4v) is 1.27. The van der Waals surface area contributed by atoms with Crippen molar-refractivity contribution in [2.24, 2.45) is 0 Å². The van der Waals surface area contributed by atoms with Crippen molar-refractivity contribution in [3.05, 3.63) is 34.3 Å². The second kappa shape index (κ2) is 6.24. The second-order valence-corrected chi connectivity index (χ2v) is 3.93. The number of carboxylic acids is 1. The number of hydrogen-bond acceptors (Lipinski definition) is 3. The Morgan fingerprint density at radius 2 is 1.94 bits per heavy atom. The first-order valence-electron chi connectivity index (χ1n) is 4.45. The molecule has 0 aliphatic carbocycles. The van der Waals surface area contributed by atoms with E-state index in [9.17, 15) is 9.59 Å². The third-order valence-electron chi connectivity index (χ3n) is 1.66. The summed E-state index contributed by atoms with van der Waals surface area (Å²) in [4.78, 5) is 25.8. The molecule has 0 bridgehead atoms. The molecule has 6 heteroatoms. The van der Waals surface area contributed by atoms with E-state index in [4.69, 9.17) is 5.11 Å². The van der Waals surface area contributed by atoms with Crippen LogP contribution in [0.25, 0.3) is 0 Å². The average Bonchev–Trinajstić information content (AvgIpc) is 2.21. The minimum absolute atomic E-state index is 0.146. The number of amides is 1. The number of hydroxylamine groups is 1. The summed E-state index contributed by atoms with van der Waals surface area (Å²) < 4.78 is 0.929. The van der Waals surface area contributed by atoms with E-state index in [1.165, 1.54) is 0 Å². The fraction of sp³-hybridized carbons (Fsp3) is 0.200. The number of carboxylic acid groups (broad SMARTS) is 1. The van der Waals surface area contributed by atoms with Gasteiger partial charge in [-0.15, -0.1) is 0 Å². The van der Waals surface area contributed by atoms with Gasteiger partial charge in [0.1, 0.15) is 0 Å². The molecule has 0 saturated heterocycles. The lowest BCUT2D eigenvalue weighted by Gasteiger charge is -2.03. The molecule has 0 fully saturated rings. The number of nitrogens with one attached hydrogen (secondary N) is 1. The second-order valence-electron chi connectivity index (χ2n) is 3.01. The lowest BCUT2D eigenvalue weighted by Crippen LogP contribution is -2.27. The summed E-state index contributed by atoms with van der Waals surface area (Å²) in [6.07, 6.45) is 0.146. The van der Waals surface area contributed by atoms with Crippen molar-refractivity contribution < 1.29 is 19.5 Å². The van der Waals surface area contributed by atoms with E-state index < -0.39 is 12.6 Å². The van der Waals surface area contributed by atoms with Crippen LogP contribution in [0.4, 0.5) is 0 Å². The minimum atomic E-state index is -1.14. The van der Waals surface area contributed by atoms with E-state index in [0.29, 0.717) is 0 Å². The Bertz CT molecular complexity index is 377. The standard InChI is InChI=1S/C10H10BrNO4/c11-8-3-1-7(2-4-8)5-9(13)12-16-6-10(14)15/h1-4H,5-6H2,(H,12,13)(H,14,15). The van der Waals surface area contributed by atoms with Crippen LogP contribution >= 0.6 is 15.9 Å². The van der Waals surface area contributed by atoms with Gasteiger partial charge in [-0.3, -0.25) is 9.63 Å². The van der Waals surface area contributed by atoms with E-state index >= 15 is 0 Å². The molecule has 1 rings (SSSR count). The van der Waals surface area contributed by atoms with Crippen LogP contribution in [0.2, 0.25) is 0 Å². The Labute approximate surface area is 100 Å². The number of aliphatic carboxylic acids is 1. The molecule has 0 atom stereocenters. The summed E-state index contributed by atoms with van der Waals surface area (Å²) in [5.74, 6) is -1.52. The zero-order valence-corrected chi connectivity index (χ0v) is 9.86. The van der Waals surface area contributed by atoms with Crippen molar-refractivity contribution in [2.45, 2.75) is 6.42 Å². The van der Waals surface area contributed by atoms with Crippen molar-refractivity contribution in [3.8, 4) is 0 Å². The highest BCUT2D eigenvalue weighted by atomic mass is 79.9. The summed E-state index contributed by atoms with van der Waals surface area (Å²) in [5.41, 5.74) is 2.86. The van der Waals surface area contributed by atoms with Gasteiger partial charge >= 0.3 is 5.97 Å². The highest BCUT2D eigenvalue weighted by Gasteiger charge is 2.04. The number of carbonyl (C=O) groups is 2. The van der Waals surface area contributed by atoms with Crippen LogP contribution in [-0.2, 0) is 20.8 Å². The molecule has 0 radical (unpaired) electrons. The summed E-state index contributed by atoms with van der Waals surface area (Å²) in [5, 5.41) is 8.27. The van der Waals surface area contributed by atoms with Crippen molar-refractivity contribution in [2.75, 3.05) is 6.61 Å². The molecule has 16 heavy (non-hydrogen) atoms. The fourth-order valence-electron chi connectivity index (χ4n) is 1.00. The van der Waals surface area contributed by atoms with Crippen LogP contribution in [0, 0.1) is 0 Å². The molecule has 0 spiro atoms. The summed E-state index contributed by atoms with van der Waals surface area (Å²) in [6.45, 7) is -0.550. The summed E-state index contributed by atoms with van der Waals surface area (Å²) in [6, 6.07) is 7.23. The first kappa shape index (κ1) is 12.7. The van der Waals surface area contributed by atoms with Crippen LogP contribution in [0.3, 0.4) is 0 Å². The van der Waals surface area contributed by atoms with Gasteiger partial charge in [0.25, 0.3) is 0 Å². The van der Waals surface area contributed by atoms with Gasteiger partial charge in [0.15, 0.2) is 6.61 Å². The quantitative estimate of drug-likeness (QED) is 0.796.